The van der Waals surface area contributed by atoms with E-state index in [2.05, 4.69) is 21.6 Å². The van der Waals surface area contributed by atoms with Crippen LogP contribution < -0.4 is 10.2 Å². The fourth-order valence-electron chi connectivity index (χ4n) is 3.67. The second-order valence-electron chi connectivity index (χ2n) is 7.67. The molecule has 1 aromatic carbocycles. The van der Waals surface area contributed by atoms with Crippen LogP contribution in [0.15, 0.2) is 29.4 Å². The molecule has 0 aliphatic heterocycles. The van der Waals surface area contributed by atoms with Gasteiger partial charge in [-0.15, -0.1) is 21.5 Å². The molecule has 0 atom stereocenters. The molecule has 1 aliphatic carbocycles. The van der Waals surface area contributed by atoms with E-state index in [9.17, 15) is 10.1 Å². The smallest absolute Gasteiger partial charge is 0.235 e. The average Bonchev–Trinajstić information content (AvgIpc) is 3.31. The molecule has 0 radical (unpaired) electrons. The number of hydrogen-bond acceptors (Lipinski definition) is 7. The lowest BCUT2D eigenvalue weighted by Gasteiger charge is -2.12. The van der Waals surface area contributed by atoms with E-state index in [1.54, 1.807) is 11.3 Å². The van der Waals surface area contributed by atoms with Gasteiger partial charge in [0.05, 0.1) is 11.3 Å². The van der Waals surface area contributed by atoms with Gasteiger partial charge in [-0.25, -0.2) is 0 Å². The van der Waals surface area contributed by atoms with Crippen LogP contribution in [0.3, 0.4) is 0 Å². The highest BCUT2D eigenvalue weighted by molar-refractivity contribution is 7.99. The van der Waals surface area contributed by atoms with Crippen molar-refractivity contribution in [3.05, 3.63) is 40.3 Å². The SMILES string of the molecule is CN(C)c1ccc(-c2nnc(SCC(=O)Nc3sc4c(c3C#N)CCCC4)n2C)cc1. The first-order valence-electron chi connectivity index (χ1n) is 10.1. The van der Waals surface area contributed by atoms with Gasteiger partial charge >= 0.3 is 0 Å². The maximum absolute atomic E-state index is 12.6. The van der Waals surface area contributed by atoms with Crippen LogP contribution in [0.4, 0.5) is 10.7 Å². The number of amides is 1. The van der Waals surface area contributed by atoms with E-state index in [1.165, 1.54) is 16.6 Å². The van der Waals surface area contributed by atoms with Gasteiger partial charge in [0.15, 0.2) is 11.0 Å². The van der Waals surface area contributed by atoms with Crippen molar-refractivity contribution >= 4 is 39.7 Å². The predicted molar refractivity (Wildman–Crippen MR) is 126 cm³/mol. The second kappa shape index (κ2) is 9.12. The van der Waals surface area contributed by atoms with Crippen molar-refractivity contribution in [3.63, 3.8) is 0 Å². The third-order valence-corrected chi connectivity index (χ3v) is 7.57. The molecule has 4 rings (SSSR count). The Morgan fingerprint density at radius 3 is 2.71 bits per heavy atom. The predicted octanol–water partition coefficient (Wildman–Crippen LogP) is 4.09. The Morgan fingerprint density at radius 1 is 1.26 bits per heavy atom. The van der Waals surface area contributed by atoms with Gasteiger partial charge in [-0.2, -0.15) is 5.26 Å². The fraction of sp³-hybridized carbons (Fsp3) is 0.364. The van der Waals surface area contributed by atoms with Crippen molar-refractivity contribution in [3.8, 4) is 17.5 Å². The Hall–Kier alpha value is -2.83. The van der Waals surface area contributed by atoms with Gasteiger partial charge in [-0.05, 0) is 55.5 Å². The third-order valence-electron chi connectivity index (χ3n) is 5.35. The molecule has 2 heterocycles. The van der Waals surface area contributed by atoms with Crippen molar-refractivity contribution in [2.24, 2.45) is 7.05 Å². The quantitative estimate of drug-likeness (QED) is 0.567. The number of anilines is 2. The average molecular weight is 453 g/mol. The summed E-state index contributed by atoms with van der Waals surface area (Å²) in [5, 5.41) is 22.4. The minimum Gasteiger partial charge on any atom is -0.378 e. The monoisotopic (exact) mass is 452 g/mol. The number of thiophene rings is 1. The fourth-order valence-corrected chi connectivity index (χ4v) is 5.63. The first-order chi connectivity index (χ1) is 15.0. The van der Waals surface area contributed by atoms with Gasteiger partial charge in [0.1, 0.15) is 11.1 Å². The minimum absolute atomic E-state index is 0.139. The van der Waals surface area contributed by atoms with E-state index in [4.69, 9.17) is 0 Å². The van der Waals surface area contributed by atoms with E-state index in [1.807, 2.05) is 54.9 Å². The number of hydrogen-bond donors (Lipinski definition) is 1. The van der Waals surface area contributed by atoms with Gasteiger partial charge in [-0.3, -0.25) is 4.79 Å². The maximum atomic E-state index is 12.6. The van der Waals surface area contributed by atoms with Crippen LogP contribution in [-0.4, -0.2) is 40.5 Å². The number of carbonyl (C=O) groups is 1. The number of nitriles is 1. The maximum Gasteiger partial charge on any atom is 0.235 e. The number of nitrogens with one attached hydrogen (secondary N) is 1. The van der Waals surface area contributed by atoms with E-state index in [0.29, 0.717) is 15.7 Å². The normalized spacial score (nSPS) is 12.8. The molecule has 7 nitrogen and oxygen atoms in total. The number of aryl methyl sites for hydroxylation is 1. The summed E-state index contributed by atoms with van der Waals surface area (Å²) in [5.74, 6) is 0.824. The molecule has 0 fully saturated rings. The largest absolute Gasteiger partial charge is 0.378 e. The standard InChI is InChI=1S/C22H24N6OS2/c1-27(2)15-10-8-14(9-11-15)20-25-26-22(28(20)3)30-13-19(29)24-21-17(12-23)16-6-4-5-7-18(16)31-21/h8-11H,4-7,13H2,1-3H3,(H,24,29). The molecule has 1 aliphatic rings. The number of rotatable bonds is 6. The van der Waals surface area contributed by atoms with Crippen molar-refractivity contribution in [2.75, 3.05) is 30.1 Å². The summed E-state index contributed by atoms with van der Waals surface area (Å²) in [5.41, 5.74) is 3.85. The molecule has 3 aromatic rings. The molecular formula is C22H24N6OS2. The summed E-state index contributed by atoms with van der Waals surface area (Å²) in [6.45, 7) is 0. The van der Waals surface area contributed by atoms with Crippen LogP contribution in [0, 0.1) is 11.3 Å². The third kappa shape index (κ3) is 4.45. The molecule has 0 unspecified atom stereocenters. The molecular weight excluding hydrogens is 428 g/mol. The highest BCUT2D eigenvalue weighted by Crippen LogP contribution is 2.37. The number of fused-ring (bicyclic) bond motifs is 1. The second-order valence-corrected chi connectivity index (χ2v) is 9.72. The summed E-state index contributed by atoms with van der Waals surface area (Å²) in [4.78, 5) is 15.8. The minimum atomic E-state index is -0.139. The molecule has 0 saturated heterocycles. The Bertz CT molecular complexity index is 1140. The lowest BCUT2D eigenvalue weighted by atomic mass is 9.96. The zero-order valence-corrected chi connectivity index (χ0v) is 19.4. The molecule has 0 bridgehead atoms. The molecule has 0 saturated carbocycles. The van der Waals surface area contributed by atoms with Crippen LogP contribution in [0.1, 0.15) is 28.8 Å². The van der Waals surface area contributed by atoms with Crippen LogP contribution in [0.25, 0.3) is 11.4 Å². The molecule has 9 heteroatoms. The topological polar surface area (TPSA) is 86.8 Å². The van der Waals surface area contributed by atoms with Crippen molar-refractivity contribution in [1.29, 1.82) is 5.26 Å². The molecule has 1 amide bonds. The molecule has 160 valence electrons. The number of carbonyl (C=O) groups excluding carboxylic acids is 1. The van der Waals surface area contributed by atoms with Gasteiger partial charge in [0.25, 0.3) is 0 Å². The Labute approximate surface area is 190 Å². The lowest BCUT2D eigenvalue weighted by Crippen LogP contribution is -2.14. The van der Waals surface area contributed by atoms with Crippen molar-refractivity contribution in [2.45, 2.75) is 30.8 Å². The Kier molecular flexibility index (Phi) is 6.30. The van der Waals surface area contributed by atoms with Gasteiger partial charge in [-0.1, -0.05) is 11.8 Å². The Balaban J connectivity index is 1.42. The van der Waals surface area contributed by atoms with Gasteiger partial charge in [0.2, 0.25) is 5.91 Å². The van der Waals surface area contributed by atoms with Gasteiger partial charge < -0.3 is 14.8 Å². The van der Waals surface area contributed by atoms with Gasteiger partial charge in [0, 0.05) is 37.3 Å². The number of aromatic nitrogens is 3. The van der Waals surface area contributed by atoms with E-state index < -0.39 is 0 Å². The van der Waals surface area contributed by atoms with Crippen LogP contribution in [0.5, 0.6) is 0 Å². The first kappa shape index (κ1) is 21.4. The van der Waals surface area contributed by atoms with E-state index >= 15 is 0 Å². The van der Waals surface area contributed by atoms with Crippen molar-refractivity contribution in [1.82, 2.24) is 14.8 Å². The number of benzene rings is 1. The first-order valence-corrected chi connectivity index (χ1v) is 11.9. The van der Waals surface area contributed by atoms with Crippen molar-refractivity contribution < 1.29 is 4.79 Å². The molecule has 31 heavy (non-hydrogen) atoms. The summed E-state index contributed by atoms with van der Waals surface area (Å²) >= 11 is 2.88. The highest BCUT2D eigenvalue weighted by Gasteiger charge is 2.22. The molecule has 0 spiro atoms. The van der Waals surface area contributed by atoms with E-state index in [-0.39, 0.29) is 11.7 Å². The highest BCUT2D eigenvalue weighted by atomic mass is 32.2. The number of nitrogens with zero attached hydrogens (tertiary/aromatic N) is 5. The zero-order valence-electron chi connectivity index (χ0n) is 17.8. The molecule has 2 aromatic heterocycles. The number of thioether (sulfide) groups is 1. The summed E-state index contributed by atoms with van der Waals surface area (Å²) in [6, 6.07) is 10.4. The Morgan fingerprint density at radius 2 is 2.00 bits per heavy atom. The van der Waals surface area contributed by atoms with Crippen LogP contribution in [-0.2, 0) is 24.7 Å². The zero-order chi connectivity index (χ0) is 22.0. The summed E-state index contributed by atoms with van der Waals surface area (Å²) in [7, 11) is 5.90. The molecule has 1 N–H and O–H groups in total. The van der Waals surface area contributed by atoms with E-state index in [0.717, 1.165) is 48.3 Å². The van der Waals surface area contributed by atoms with Crippen LogP contribution in [0.2, 0.25) is 0 Å². The van der Waals surface area contributed by atoms with Crippen LogP contribution >= 0.6 is 23.1 Å². The summed E-state index contributed by atoms with van der Waals surface area (Å²) < 4.78 is 1.90. The summed E-state index contributed by atoms with van der Waals surface area (Å²) in [6.07, 6.45) is 4.18. The lowest BCUT2D eigenvalue weighted by molar-refractivity contribution is -0.113.